The molecule has 0 amide bonds. The van der Waals surface area contributed by atoms with Crippen molar-refractivity contribution in [1.82, 2.24) is 5.09 Å². The molecule has 0 bridgehead atoms. The molecule has 0 rings (SSSR count). The quantitative estimate of drug-likeness (QED) is 0.554. The van der Waals surface area contributed by atoms with Crippen molar-refractivity contribution < 1.29 is 0 Å². The van der Waals surface area contributed by atoms with Gasteiger partial charge in [-0.05, 0) is 19.1 Å². The van der Waals surface area contributed by atoms with Crippen LogP contribution >= 0.6 is 8.73 Å². The van der Waals surface area contributed by atoms with E-state index in [-0.39, 0.29) is 0 Å². The molecule has 1 atom stereocenters. The first-order valence-electron chi connectivity index (χ1n) is 2.67. The Hall–Kier alpha value is 0.390. The molecule has 0 aromatic heterocycles. The maximum atomic E-state index is 3.13. The van der Waals surface area contributed by atoms with Gasteiger partial charge >= 0.3 is 0 Å². The Morgan fingerprint density at radius 1 is 1.57 bits per heavy atom. The fourth-order valence-corrected chi connectivity index (χ4v) is 0.919. The third kappa shape index (κ3) is 6.39. The van der Waals surface area contributed by atoms with Gasteiger partial charge < -0.3 is 5.09 Å². The smallest absolute Gasteiger partial charge is 0.0127 e. The first-order valence-corrected chi connectivity index (χ1v) is 3.87. The lowest BCUT2D eigenvalue weighted by atomic mass is 10.3. The van der Waals surface area contributed by atoms with Crippen molar-refractivity contribution in [3.8, 4) is 0 Å². The van der Waals surface area contributed by atoms with Gasteiger partial charge in [-0.3, -0.25) is 0 Å². The molecule has 1 unspecified atom stereocenters. The molecule has 0 spiro atoms. The summed E-state index contributed by atoms with van der Waals surface area (Å²) >= 11 is 0. The Labute approximate surface area is 47.7 Å². The van der Waals surface area contributed by atoms with Gasteiger partial charge in [0.25, 0.3) is 0 Å². The van der Waals surface area contributed by atoms with Crippen molar-refractivity contribution in [1.29, 1.82) is 0 Å². The summed E-state index contributed by atoms with van der Waals surface area (Å²) in [6.45, 7) is 4.48. The van der Waals surface area contributed by atoms with Crippen molar-refractivity contribution in [2.75, 3.05) is 13.2 Å². The lowest BCUT2D eigenvalue weighted by Gasteiger charge is -2.00. The minimum atomic E-state index is 0.853. The maximum Gasteiger partial charge on any atom is -0.0127 e. The standard InChI is InChI=1S/C5H14NP/c1-5(2)4-7-6-3/h5-7H,4H2,1-3H3. The van der Waals surface area contributed by atoms with Gasteiger partial charge in [0, 0.05) is 0 Å². The van der Waals surface area contributed by atoms with Gasteiger partial charge in [0.05, 0.1) is 0 Å². The maximum absolute atomic E-state index is 3.13. The van der Waals surface area contributed by atoms with Gasteiger partial charge in [-0.2, -0.15) is 0 Å². The molecule has 0 aliphatic carbocycles. The monoisotopic (exact) mass is 119 g/mol. The Balaban J connectivity index is 2.68. The summed E-state index contributed by atoms with van der Waals surface area (Å²) in [4.78, 5) is 0. The minimum absolute atomic E-state index is 0.853. The van der Waals surface area contributed by atoms with E-state index >= 15 is 0 Å². The molecule has 0 aliphatic heterocycles. The van der Waals surface area contributed by atoms with Gasteiger partial charge in [0.15, 0.2) is 0 Å². The molecule has 0 radical (unpaired) electrons. The molecule has 44 valence electrons. The zero-order chi connectivity index (χ0) is 5.70. The van der Waals surface area contributed by atoms with E-state index in [1.165, 1.54) is 6.16 Å². The zero-order valence-corrected chi connectivity index (χ0v) is 6.28. The first kappa shape index (κ1) is 7.39. The number of hydrogen-bond acceptors (Lipinski definition) is 1. The van der Waals surface area contributed by atoms with E-state index in [9.17, 15) is 0 Å². The van der Waals surface area contributed by atoms with Crippen LogP contribution in [-0.2, 0) is 0 Å². The van der Waals surface area contributed by atoms with Crippen LogP contribution in [0.4, 0.5) is 0 Å². The van der Waals surface area contributed by atoms with E-state index in [0.29, 0.717) is 0 Å². The van der Waals surface area contributed by atoms with Crippen molar-refractivity contribution in [3.63, 3.8) is 0 Å². The van der Waals surface area contributed by atoms with E-state index in [1.807, 2.05) is 7.05 Å². The van der Waals surface area contributed by atoms with Gasteiger partial charge in [-0.1, -0.05) is 22.6 Å². The molecular formula is C5H14NP. The van der Waals surface area contributed by atoms with Crippen LogP contribution in [0.3, 0.4) is 0 Å². The molecule has 7 heavy (non-hydrogen) atoms. The third-order valence-corrected chi connectivity index (χ3v) is 2.06. The molecule has 0 aromatic rings. The summed E-state index contributed by atoms with van der Waals surface area (Å²) in [6, 6.07) is 0. The molecule has 2 heteroatoms. The van der Waals surface area contributed by atoms with Crippen molar-refractivity contribution in [3.05, 3.63) is 0 Å². The molecule has 1 nitrogen and oxygen atoms in total. The molecular weight excluding hydrogens is 105 g/mol. The van der Waals surface area contributed by atoms with Crippen LogP contribution in [0.15, 0.2) is 0 Å². The molecule has 0 saturated heterocycles. The molecule has 1 N–H and O–H groups in total. The minimum Gasteiger partial charge on any atom is -0.301 e. The molecule has 0 heterocycles. The normalized spacial score (nSPS) is 12.0. The fourth-order valence-electron chi connectivity index (χ4n) is 0.306. The van der Waals surface area contributed by atoms with Crippen LogP contribution in [0.2, 0.25) is 0 Å². The highest BCUT2D eigenvalue weighted by Crippen LogP contribution is 2.07. The predicted molar refractivity (Wildman–Crippen MR) is 37.1 cm³/mol. The van der Waals surface area contributed by atoms with Crippen LogP contribution < -0.4 is 5.09 Å². The van der Waals surface area contributed by atoms with E-state index in [2.05, 4.69) is 18.9 Å². The van der Waals surface area contributed by atoms with Crippen molar-refractivity contribution >= 4 is 8.73 Å². The summed E-state index contributed by atoms with van der Waals surface area (Å²) in [5.41, 5.74) is 0. The Morgan fingerprint density at radius 2 is 2.14 bits per heavy atom. The highest BCUT2D eigenvalue weighted by Gasteiger charge is 1.88. The highest BCUT2D eigenvalue weighted by molar-refractivity contribution is 7.35. The summed E-state index contributed by atoms with van der Waals surface area (Å²) in [7, 11) is 2.95. The second-order valence-electron chi connectivity index (χ2n) is 2.02. The average molecular weight is 119 g/mol. The first-order chi connectivity index (χ1) is 3.27. The average Bonchev–Trinajstić information content (AvgIpc) is 1.61. The van der Waals surface area contributed by atoms with Gasteiger partial charge in [0.1, 0.15) is 0 Å². The van der Waals surface area contributed by atoms with Crippen molar-refractivity contribution in [2.24, 2.45) is 5.92 Å². The van der Waals surface area contributed by atoms with Gasteiger partial charge in [0.2, 0.25) is 0 Å². The van der Waals surface area contributed by atoms with Gasteiger partial charge in [-0.25, -0.2) is 0 Å². The molecule has 0 fully saturated rings. The van der Waals surface area contributed by atoms with E-state index in [4.69, 9.17) is 0 Å². The SMILES string of the molecule is CNPCC(C)C. The Bertz CT molecular complexity index is 37.1. The molecule has 0 aromatic carbocycles. The Kier molecular flexibility index (Phi) is 4.80. The summed E-state index contributed by atoms with van der Waals surface area (Å²) < 4.78 is 0. The van der Waals surface area contributed by atoms with E-state index in [1.54, 1.807) is 0 Å². The Morgan fingerprint density at radius 3 is 2.29 bits per heavy atom. The largest absolute Gasteiger partial charge is 0.301 e. The van der Waals surface area contributed by atoms with E-state index < -0.39 is 0 Å². The molecule has 0 aliphatic rings. The van der Waals surface area contributed by atoms with E-state index in [0.717, 1.165) is 14.6 Å². The molecule has 0 saturated carbocycles. The number of rotatable bonds is 3. The number of hydrogen-bond donors (Lipinski definition) is 1. The lowest BCUT2D eigenvalue weighted by Crippen LogP contribution is -1.95. The summed E-state index contributed by atoms with van der Waals surface area (Å²) in [5.74, 6) is 0.853. The summed E-state index contributed by atoms with van der Waals surface area (Å²) in [5, 5.41) is 3.13. The topological polar surface area (TPSA) is 12.0 Å². The van der Waals surface area contributed by atoms with Crippen molar-refractivity contribution in [2.45, 2.75) is 13.8 Å². The van der Waals surface area contributed by atoms with Crippen LogP contribution in [0.1, 0.15) is 13.8 Å². The number of nitrogens with one attached hydrogen (secondary N) is 1. The van der Waals surface area contributed by atoms with Crippen LogP contribution in [0, 0.1) is 5.92 Å². The zero-order valence-electron chi connectivity index (χ0n) is 5.28. The van der Waals surface area contributed by atoms with Crippen LogP contribution in [0.5, 0.6) is 0 Å². The second kappa shape index (κ2) is 4.55. The van der Waals surface area contributed by atoms with Crippen LogP contribution in [-0.4, -0.2) is 13.2 Å². The highest BCUT2D eigenvalue weighted by atomic mass is 31.1. The van der Waals surface area contributed by atoms with Crippen LogP contribution in [0.25, 0.3) is 0 Å². The third-order valence-electron chi connectivity index (χ3n) is 0.687. The second-order valence-corrected chi connectivity index (χ2v) is 3.29. The fraction of sp³-hybridized carbons (Fsp3) is 1.00. The predicted octanol–water partition coefficient (Wildman–Crippen LogP) is 1.46. The summed E-state index contributed by atoms with van der Waals surface area (Å²) in [6.07, 6.45) is 1.32. The van der Waals surface area contributed by atoms with Gasteiger partial charge in [-0.15, -0.1) is 0 Å². The lowest BCUT2D eigenvalue weighted by molar-refractivity contribution is 0.745.